The standard InChI is InChI=1S/C24H31N3O2/c1-16(2)14-18-8-10-19(11-9-18)17(3)25-15-23(28)27-22-7-5-4-6-21(22)24(29)26-20-12-13-20/h4-11,16-17,20,25H,12-15H2,1-3H3,(H,26,29)(H,27,28). The largest absolute Gasteiger partial charge is 0.349 e. The molecule has 0 bridgehead atoms. The molecule has 1 aliphatic rings. The Balaban J connectivity index is 1.52. The highest BCUT2D eigenvalue weighted by molar-refractivity contribution is 6.04. The number of hydrogen-bond acceptors (Lipinski definition) is 3. The molecular formula is C24H31N3O2. The highest BCUT2D eigenvalue weighted by atomic mass is 16.2. The van der Waals surface area contributed by atoms with Gasteiger partial charge in [0.15, 0.2) is 0 Å². The van der Waals surface area contributed by atoms with Crippen molar-refractivity contribution in [3.05, 3.63) is 65.2 Å². The Morgan fingerprint density at radius 3 is 2.34 bits per heavy atom. The van der Waals surface area contributed by atoms with Gasteiger partial charge in [-0.1, -0.05) is 50.2 Å². The highest BCUT2D eigenvalue weighted by Crippen LogP contribution is 2.21. The molecular weight excluding hydrogens is 362 g/mol. The third-order valence-electron chi connectivity index (χ3n) is 5.05. The predicted molar refractivity (Wildman–Crippen MR) is 117 cm³/mol. The maximum Gasteiger partial charge on any atom is 0.253 e. The molecule has 0 spiro atoms. The van der Waals surface area contributed by atoms with Gasteiger partial charge in [-0.15, -0.1) is 0 Å². The number of amides is 2. The zero-order chi connectivity index (χ0) is 20.8. The Hall–Kier alpha value is -2.66. The average Bonchev–Trinajstić information content (AvgIpc) is 3.50. The van der Waals surface area contributed by atoms with Crippen LogP contribution in [0.2, 0.25) is 0 Å². The highest BCUT2D eigenvalue weighted by Gasteiger charge is 2.25. The van der Waals surface area contributed by atoms with Crippen LogP contribution in [0.15, 0.2) is 48.5 Å². The van der Waals surface area contributed by atoms with Crippen LogP contribution in [0.5, 0.6) is 0 Å². The van der Waals surface area contributed by atoms with Crippen LogP contribution in [-0.2, 0) is 11.2 Å². The van der Waals surface area contributed by atoms with E-state index in [0.29, 0.717) is 17.2 Å². The number of benzene rings is 2. The Morgan fingerprint density at radius 2 is 1.69 bits per heavy atom. The lowest BCUT2D eigenvalue weighted by Crippen LogP contribution is -2.31. The molecule has 0 saturated heterocycles. The molecule has 154 valence electrons. The molecule has 1 atom stereocenters. The first-order valence-electron chi connectivity index (χ1n) is 10.4. The van der Waals surface area contributed by atoms with E-state index in [-0.39, 0.29) is 30.4 Å². The first-order valence-corrected chi connectivity index (χ1v) is 10.4. The van der Waals surface area contributed by atoms with E-state index in [2.05, 4.69) is 54.1 Å². The number of carbonyl (C=O) groups is 2. The topological polar surface area (TPSA) is 70.2 Å². The Bertz CT molecular complexity index is 841. The number of nitrogens with one attached hydrogen (secondary N) is 3. The fraction of sp³-hybridized carbons (Fsp3) is 0.417. The van der Waals surface area contributed by atoms with Gasteiger partial charge in [0, 0.05) is 12.1 Å². The van der Waals surface area contributed by atoms with Gasteiger partial charge in [-0.3, -0.25) is 9.59 Å². The summed E-state index contributed by atoms with van der Waals surface area (Å²) < 4.78 is 0. The molecule has 2 aromatic carbocycles. The van der Waals surface area contributed by atoms with Gasteiger partial charge >= 0.3 is 0 Å². The fourth-order valence-electron chi connectivity index (χ4n) is 3.25. The van der Waals surface area contributed by atoms with E-state index in [1.807, 2.05) is 13.0 Å². The minimum Gasteiger partial charge on any atom is -0.349 e. The number of carbonyl (C=O) groups excluding carboxylic acids is 2. The van der Waals surface area contributed by atoms with E-state index in [0.717, 1.165) is 24.8 Å². The van der Waals surface area contributed by atoms with E-state index in [1.165, 1.54) is 5.56 Å². The van der Waals surface area contributed by atoms with E-state index in [4.69, 9.17) is 0 Å². The molecule has 1 aliphatic carbocycles. The summed E-state index contributed by atoms with van der Waals surface area (Å²) in [4.78, 5) is 24.8. The zero-order valence-electron chi connectivity index (χ0n) is 17.5. The Kier molecular flexibility index (Phi) is 7.04. The molecule has 0 radical (unpaired) electrons. The number of anilines is 1. The van der Waals surface area contributed by atoms with Gasteiger partial charge in [0.25, 0.3) is 5.91 Å². The van der Waals surface area contributed by atoms with Gasteiger partial charge in [-0.2, -0.15) is 0 Å². The van der Waals surface area contributed by atoms with Crippen molar-refractivity contribution in [2.75, 3.05) is 11.9 Å². The number of hydrogen-bond donors (Lipinski definition) is 3. The van der Waals surface area contributed by atoms with Crippen molar-refractivity contribution in [3.8, 4) is 0 Å². The molecule has 1 unspecified atom stereocenters. The zero-order valence-corrected chi connectivity index (χ0v) is 17.5. The molecule has 3 N–H and O–H groups in total. The van der Waals surface area contributed by atoms with Gasteiger partial charge in [-0.05, 0) is 55.4 Å². The molecule has 5 heteroatoms. The van der Waals surface area contributed by atoms with Gasteiger partial charge in [0.1, 0.15) is 0 Å². The van der Waals surface area contributed by atoms with Crippen molar-refractivity contribution in [2.24, 2.45) is 5.92 Å². The first kappa shape index (κ1) is 21.1. The second kappa shape index (κ2) is 9.70. The average molecular weight is 394 g/mol. The van der Waals surface area contributed by atoms with Crippen LogP contribution in [0.4, 0.5) is 5.69 Å². The van der Waals surface area contributed by atoms with Crippen LogP contribution in [0.1, 0.15) is 61.1 Å². The second-order valence-electron chi connectivity index (χ2n) is 8.28. The first-order chi connectivity index (χ1) is 13.9. The van der Waals surface area contributed by atoms with Crippen molar-refractivity contribution < 1.29 is 9.59 Å². The smallest absolute Gasteiger partial charge is 0.253 e. The van der Waals surface area contributed by atoms with Crippen molar-refractivity contribution in [1.29, 1.82) is 0 Å². The minimum atomic E-state index is -0.167. The summed E-state index contributed by atoms with van der Waals surface area (Å²) in [6, 6.07) is 16.0. The van der Waals surface area contributed by atoms with E-state index in [9.17, 15) is 9.59 Å². The Morgan fingerprint density at radius 1 is 1.00 bits per heavy atom. The molecule has 0 aliphatic heterocycles. The second-order valence-corrected chi connectivity index (χ2v) is 8.28. The third-order valence-corrected chi connectivity index (χ3v) is 5.05. The lowest BCUT2D eigenvalue weighted by atomic mass is 10.00. The molecule has 3 rings (SSSR count). The number of rotatable bonds is 9. The Labute approximate surface area is 173 Å². The van der Waals surface area contributed by atoms with Crippen molar-refractivity contribution in [2.45, 2.75) is 52.1 Å². The molecule has 5 nitrogen and oxygen atoms in total. The number of para-hydroxylation sites is 1. The summed E-state index contributed by atoms with van der Waals surface area (Å²) in [6.45, 7) is 6.64. The normalized spacial score (nSPS) is 14.5. The monoisotopic (exact) mass is 393 g/mol. The summed E-state index contributed by atoms with van der Waals surface area (Å²) in [6.07, 6.45) is 3.12. The van der Waals surface area contributed by atoms with Gasteiger partial charge in [-0.25, -0.2) is 0 Å². The SMILES string of the molecule is CC(C)Cc1ccc(C(C)NCC(=O)Nc2ccccc2C(=O)NC2CC2)cc1. The summed E-state index contributed by atoms with van der Waals surface area (Å²) in [7, 11) is 0. The van der Waals surface area contributed by atoms with Gasteiger partial charge in [0.05, 0.1) is 17.8 Å². The van der Waals surface area contributed by atoms with Crippen LogP contribution in [0.25, 0.3) is 0 Å². The summed E-state index contributed by atoms with van der Waals surface area (Å²) in [5.41, 5.74) is 3.52. The lowest BCUT2D eigenvalue weighted by Gasteiger charge is -2.16. The van der Waals surface area contributed by atoms with Crippen LogP contribution in [-0.4, -0.2) is 24.4 Å². The summed E-state index contributed by atoms with van der Waals surface area (Å²) >= 11 is 0. The van der Waals surface area contributed by atoms with Crippen LogP contribution < -0.4 is 16.0 Å². The molecule has 0 heterocycles. The van der Waals surface area contributed by atoms with Crippen molar-refractivity contribution in [3.63, 3.8) is 0 Å². The fourth-order valence-corrected chi connectivity index (χ4v) is 3.25. The van der Waals surface area contributed by atoms with E-state index >= 15 is 0 Å². The maximum absolute atomic E-state index is 12.4. The molecule has 2 aromatic rings. The van der Waals surface area contributed by atoms with E-state index < -0.39 is 0 Å². The minimum absolute atomic E-state index is 0.0576. The molecule has 1 saturated carbocycles. The quantitative estimate of drug-likeness (QED) is 0.601. The van der Waals surface area contributed by atoms with Crippen LogP contribution in [0.3, 0.4) is 0 Å². The van der Waals surface area contributed by atoms with Crippen molar-refractivity contribution in [1.82, 2.24) is 10.6 Å². The molecule has 1 fully saturated rings. The van der Waals surface area contributed by atoms with E-state index in [1.54, 1.807) is 18.2 Å². The summed E-state index contributed by atoms with van der Waals surface area (Å²) in [5.74, 6) is 0.334. The molecule has 29 heavy (non-hydrogen) atoms. The van der Waals surface area contributed by atoms with Crippen LogP contribution in [0, 0.1) is 5.92 Å². The predicted octanol–water partition coefficient (Wildman–Crippen LogP) is 4.07. The third kappa shape index (κ3) is 6.43. The maximum atomic E-state index is 12.4. The van der Waals surface area contributed by atoms with Gasteiger partial charge in [0.2, 0.25) is 5.91 Å². The van der Waals surface area contributed by atoms with Gasteiger partial charge < -0.3 is 16.0 Å². The summed E-state index contributed by atoms with van der Waals surface area (Å²) in [5, 5.41) is 9.08. The van der Waals surface area contributed by atoms with Crippen molar-refractivity contribution >= 4 is 17.5 Å². The lowest BCUT2D eigenvalue weighted by molar-refractivity contribution is -0.115. The molecule has 0 aromatic heterocycles. The molecule has 2 amide bonds. The van der Waals surface area contributed by atoms with Crippen LogP contribution >= 0.6 is 0 Å².